The van der Waals surface area contributed by atoms with E-state index in [1.807, 2.05) is 0 Å². The smallest absolute Gasteiger partial charge is 0.228 e. The average molecular weight is 160 g/mol. The predicted molar refractivity (Wildman–Crippen MR) is 36.9 cm³/mol. The van der Waals surface area contributed by atoms with Crippen LogP contribution in [0.1, 0.15) is 0 Å². The molecule has 0 bridgehead atoms. The highest BCUT2D eigenvalue weighted by Gasteiger charge is 1.97. The molecule has 0 spiro atoms. The molecule has 0 aliphatic rings. The molecule has 0 aliphatic heterocycles. The first-order valence-corrected chi connectivity index (χ1v) is 3.07. The Hall–Kier alpha value is -0.760. The molecule has 1 rings (SSSR count). The summed E-state index contributed by atoms with van der Waals surface area (Å²) in [6, 6.07) is 7.55. The van der Waals surface area contributed by atoms with Crippen molar-refractivity contribution in [2.45, 2.75) is 0 Å². The van der Waals surface area contributed by atoms with E-state index < -0.39 is 6.86 Å². The van der Waals surface area contributed by atoms with Gasteiger partial charge in [-0.1, -0.05) is 23.7 Å². The van der Waals surface area contributed by atoms with E-state index in [0.29, 0.717) is 10.8 Å². The normalized spacial score (nSPS) is 9.40. The van der Waals surface area contributed by atoms with Gasteiger partial charge in [-0.2, -0.15) is 0 Å². The van der Waals surface area contributed by atoms with Crippen molar-refractivity contribution in [2.75, 3.05) is 6.86 Å². The first kappa shape index (κ1) is 7.35. The fourth-order valence-electron chi connectivity index (χ4n) is 0.571. The predicted octanol–water partition coefficient (Wildman–Crippen LogP) is 2.45. The van der Waals surface area contributed by atoms with Gasteiger partial charge >= 0.3 is 0 Å². The van der Waals surface area contributed by atoms with Crippen molar-refractivity contribution in [2.24, 2.45) is 0 Å². The molecule has 3 heteroatoms. The van der Waals surface area contributed by atoms with E-state index in [1.54, 1.807) is 18.2 Å². The quantitative estimate of drug-likeness (QED) is 0.644. The summed E-state index contributed by atoms with van der Waals surface area (Å²) in [7, 11) is 0. The lowest BCUT2D eigenvalue weighted by Gasteiger charge is -2.00. The molecule has 0 N–H and O–H groups in total. The summed E-state index contributed by atoms with van der Waals surface area (Å²) in [4.78, 5) is 0. The lowest BCUT2D eigenvalue weighted by Crippen LogP contribution is -1.89. The number of ether oxygens (including phenoxy) is 1. The summed E-state index contributed by atoms with van der Waals surface area (Å²) in [5, 5.41) is 0.306. The van der Waals surface area contributed by atoms with Crippen molar-refractivity contribution in [3.63, 3.8) is 0 Å². The van der Waals surface area contributed by atoms with Gasteiger partial charge in [-0.3, -0.25) is 0 Å². The van der Waals surface area contributed by atoms with E-state index in [0.717, 1.165) is 0 Å². The third kappa shape index (κ3) is 1.61. The van der Waals surface area contributed by atoms with E-state index in [9.17, 15) is 4.39 Å². The van der Waals surface area contributed by atoms with Gasteiger partial charge in [-0.15, -0.1) is 0 Å². The van der Waals surface area contributed by atoms with Gasteiger partial charge in [-0.05, 0) is 6.07 Å². The van der Waals surface area contributed by atoms with Crippen molar-refractivity contribution in [3.8, 4) is 5.75 Å². The van der Waals surface area contributed by atoms with Gasteiger partial charge in [0.05, 0.1) is 5.02 Å². The summed E-state index contributed by atoms with van der Waals surface area (Å²) >= 11 is 5.56. The molecule has 0 amide bonds. The van der Waals surface area contributed by atoms with Gasteiger partial charge in [0.25, 0.3) is 0 Å². The Morgan fingerprint density at radius 3 is 3.10 bits per heavy atom. The fraction of sp³-hybridized carbons (Fsp3) is 0.143. The second-order valence-electron chi connectivity index (χ2n) is 1.60. The van der Waals surface area contributed by atoms with Crippen molar-refractivity contribution in [1.29, 1.82) is 0 Å². The number of rotatable bonds is 2. The third-order valence-electron chi connectivity index (χ3n) is 0.980. The monoisotopic (exact) mass is 159 g/mol. The van der Waals surface area contributed by atoms with E-state index in [4.69, 9.17) is 11.6 Å². The SMILES string of the molecule is FCOc1ccc[c]c1Cl. The van der Waals surface area contributed by atoms with Crippen molar-refractivity contribution in [3.05, 3.63) is 29.3 Å². The molecular weight excluding hydrogens is 155 g/mol. The number of alkyl halides is 1. The summed E-state index contributed by atoms with van der Waals surface area (Å²) in [5.74, 6) is 0.326. The van der Waals surface area contributed by atoms with Crippen LogP contribution in [0.5, 0.6) is 5.75 Å². The van der Waals surface area contributed by atoms with Gasteiger partial charge in [-0.25, -0.2) is 4.39 Å². The van der Waals surface area contributed by atoms with Crippen LogP contribution in [0.15, 0.2) is 18.2 Å². The molecule has 10 heavy (non-hydrogen) atoms. The number of benzene rings is 1. The molecule has 1 aromatic rings. The summed E-state index contributed by atoms with van der Waals surface area (Å²) in [6.45, 7) is -0.864. The van der Waals surface area contributed by atoms with Crippen molar-refractivity contribution >= 4 is 11.6 Å². The standard InChI is InChI=1S/C7H5ClFO/c8-6-3-1-2-4-7(6)10-5-9/h1-2,4H,5H2. The van der Waals surface area contributed by atoms with Crippen LogP contribution >= 0.6 is 11.6 Å². The van der Waals surface area contributed by atoms with E-state index >= 15 is 0 Å². The second-order valence-corrected chi connectivity index (χ2v) is 1.98. The van der Waals surface area contributed by atoms with Crippen LogP contribution in [-0.4, -0.2) is 6.86 Å². The highest BCUT2D eigenvalue weighted by Crippen LogP contribution is 2.22. The molecule has 0 heterocycles. The molecule has 0 aliphatic carbocycles. The van der Waals surface area contributed by atoms with Crippen molar-refractivity contribution in [1.82, 2.24) is 0 Å². The Labute approximate surface area is 63.4 Å². The van der Waals surface area contributed by atoms with E-state index in [2.05, 4.69) is 10.8 Å². The minimum atomic E-state index is -0.864. The highest BCUT2D eigenvalue weighted by molar-refractivity contribution is 6.31. The topological polar surface area (TPSA) is 9.23 Å². The molecule has 1 nitrogen and oxygen atoms in total. The average Bonchev–Trinajstić information content (AvgIpc) is 1.94. The molecule has 1 aromatic carbocycles. The highest BCUT2D eigenvalue weighted by atomic mass is 35.5. The maximum Gasteiger partial charge on any atom is 0.228 e. The van der Waals surface area contributed by atoms with Crippen LogP contribution in [-0.2, 0) is 0 Å². The maximum atomic E-state index is 11.6. The summed E-state index contributed by atoms with van der Waals surface area (Å²) in [6.07, 6.45) is 0. The zero-order valence-electron chi connectivity index (χ0n) is 5.10. The first-order valence-electron chi connectivity index (χ1n) is 2.69. The molecule has 0 fully saturated rings. The van der Waals surface area contributed by atoms with Gasteiger partial charge in [0.15, 0.2) is 0 Å². The Morgan fingerprint density at radius 2 is 2.50 bits per heavy atom. The van der Waals surface area contributed by atoms with Gasteiger partial charge < -0.3 is 4.74 Å². The molecule has 0 unspecified atom stereocenters. The van der Waals surface area contributed by atoms with Crippen molar-refractivity contribution < 1.29 is 9.13 Å². The lowest BCUT2D eigenvalue weighted by molar-refractivity contribution is 0.192. The minimum absolute atomic E-state index is 0.306. The number of halogens is 2. The number of hydrogen-bond acceptors (Lipinski definition) is 1. The maximum absolute atomic E-state index is 11.6. The fourth-order valence-corrected chi connectivity index (χ4v) is 0.752. The van der Waals surface area contributed by atoms with E-state index in [-0.39, 0.29) is 0 Å². The first-order chi connectivity index (χ1) is 4.84. The molecule has 1 radical (unpaired) electrons. The van der Waals surface area contributed by atoms with Gasteiger partial charge in [0.1, 0.15) is 5.75 Å². The summed E-state index contributed by atoms with van der Waals surface area (Å²) in [5.41, 5.74) is 0. The Kier molecular flexibility index (Phi) is 2.51. The summed E-state index contributed by atoms with van der Waals surface area (Å²) < 4.78 is 16.1. The molecule has 0 saturated carbocycles. The molecular formula is C7H5ClFO. The third-order valence-corrected chi connectivity index (χ3v) is 1.28. The molecule has 0 saturated heterocycles. The zero-order valence-corrected chi connectivity index (χ0v) is 5.86. The van der Waals surface area contributed by atoms with Gasteiger partial charge in [0, 0.05) is 6.07 Å². The largest absolute Gasteiger partial charge is 0.461 e. The minimum Gasteiger partial charge on any atom is -0.461 e. The van der Waals surface area contributed by atoms with Crippen LogP contribution in [0.2, 0.25) is 5.02 Å². The Balaban J connectivity index is 2.81. The Morgan fingerprint density at radius 1 is 1.70 bits per heavy atom. The van der Waals surface area contributed by atoms with Crippen LogP contribution < -0.4 is 4.74 Å². The lowest BCUT2D eigenvalue weighted by atomic mass is 10.3. The van der Waals surface area contributed by atoms with Crippen LogP contribution in [0.25, 0.3) is 0 Å². The van der Waals surface area contributed by atoms with Gasteiger partial charge in [0.2, 0.25) is 6.86 Å². The molecule has 0 aromatic heterocycles. The Bertz CT molecular complexity index is 215. The molecule has 0 atom stereocenters. The zero-order chi connectivity index (χ0) is 7.40. The van der Waals surface area contributed by atoms with Crippen LogP contribution in [0.3, 0.4) is 0 Å². The second kappa shape index (κ2) is 3.42. The molecule has 53 valence electrons. The number of hydrogen-bond donors (Lipinski definition) is 0. The van der Waals surface area contributed by atoms with E-state index in [1.165, 1.54) is 0 Å². The van der Waals surface area contributed by atoms with Crippen LogP contribution in [0, 0.1) is 6.07 Å². The van der Waals surface area contributed by atoms with Crippen LogP contribution in [0.4, 0.5) is 4.39 Å².